The quantitative estimate of drug-likeness (QED) is 0.677. The number of Topliss-reactive ketones (excluding diaryl/α,β-unsaturated/α-hetero) is 2. The number of carbonyl (C=O) groups is 4. The van der Waals surface area contributed by atoms with E-state index < -0.39 is 16.9 Å². The van der Waals surface area contributed by atoms with Gasteiger partial charge in [-0.05, 0) is 57.3 Å². The number of fused-ring (bicyclic) bond motifs is 3. The van der Waals surface area contributed by atoms with Gasteiger partial charge in [0.05, 0.1) is 5.92 Å². The lowest BCUT2D eigenvalue weighted by Crippen LogP contribution is -2.54. The summed E-state index contributed by atoms with van der Waals surface area (Å²) in [6.45, 7) is 5.37. The van der Waals surface area contributed by atoms with Crippen molar-refractivity contribution in [1.29, 1.82) is 0 Å². The largest absolute Gasteiger partial charge is 0.459 e. The van der Waals surface area contributed by atoms with Crippen molar-refractivity contribution in [3.05, 3.63) is 0 Å². The fraction of sp³-hybridized carbons (Fsp3) is 0.826. The van der Waals surface area contributed by atoms with Crippen molar-refractivity contribution in [2.45, 2.75) is 83.7 Å². The molecule has 0 aromatic rings. The Labute approximate surface area is 172 Å². The molecule has 0 aromatic carbocycles. The van der Waals surface area contributed by atoms with Crippen molar-refractivity contribution >= 4 is 23.4 Å². The van der Waals surface area contributed by atoms with Gasteiger partial charge in [0.2, 0.25) is 5.91 Å². The second kappa shape index (κ2) is 7.51. The standard InChI is InChI=1S/C23H33NO5/c1-22-14-17(25)21-15(16(22)7-8-18(22)26)6-9-20(28)29-23(21,2)11-10-19(27)24-12-4-3-5-13-24/h15-16,21H,3-14H2,1-2H3/t15-,16-,21+,22-,23+/m0/s1. The second-order valence-electron chi connectivity index (χ2n) is 10.0. The van der Waals surface area contributed by atoms with E-state index in [-0.39, 0.29) is 48.1 Å². The number of rotatable bonds is 3. The molecule has 2 aliphatic heterocycles. The summed E-state index contributed by atoms with van der Waals surface area (Å²) in [5.74, 6) is -0.275. The monoisotopic (exact) mass is 403 g/mol. The molecule has 1 amide bonds. The molecule has 4 fully saturated rings. The van der Waals surface area contributed by atoms with Gasteiger partial charge < -0.3 is 9.64 Å². The highest BCUT2D eigenvalue weighted by Gasteiger charge is 2.61. The number of nitrogens with zero attached hydrogens (tertiary/aromatic N) is 1. The first-order valence-corrected chi connectivity index (χ1v) is 11.3. The summed E-state index contributed by atoms with van der Waals surface area (Å²) in [7, 11) is 0. The average molecular weight is 404 g/mol. The number of ketones is 2. The number of hydrogen-bond acceptors (Lipinski definition) is 5. The lowest BCUT2D eigenvalue weighted by molar-refractivity contribution is -0.172. The molecule has 2 saturated heterocycles. The topological polar surface area (TPSA) is 80.8 Å². The van der Waals surface area contributed by atoms with Gasteiger partial charge in [-0.1, -0.05) is 6.92 Å². The molecule has 6 nitrogen and oxygen atoms in total. The molecule has 0 unspecified atom stereocenters. The van der Waals surface area contributed by atoms with Gasteiger partial charge in [0.25, 0.3) is 0 Å². The van der Waals surface area contributed by atoms with Gasteiger partial charge in [-0.25, -0.2) is 0 Å². The fourth-order valence-corrected chi connectivity index (χ4v) is 6.64. The Morgan fingerprint density at radius 3 is 2.52 bits per heavy atom. The van der Waals surface area contributed by atoms with Crippen molar-refractivity contribution in [3.63, 3.8) is 0 Å². The Morgan fingerprint density at radius 1 is 1.07 bits per heavy atom. The molecule has 2 heterocycles. The summed E-state index contributed by atoms with van der Waals surface area (Å²) < 4.78 is 5.87. The molecular formula is C23H33NO5. The van der Waals surface area contributed by atoms with Gasteiger partial charge >= 0.3 is 5.97 Å². The predicted octanol–water partition coefficient (Wildman–Crippen LogP) is 3.07. The minimum Gasteiger partial charge on any atom is -0.459 e. The second-order valence-corrected chi connectivity index (χ2v) is 10.0. The van der Waals surface area contributed by atoms with E-state index in [4.69, 9.17) is 4.74 Å². The number of piperidine rings is 1. The number of cyclic esters (lactones) is 1. The van der Waals surface area contributed by atoms with E-state index in [9.17, 15) is 19.2 Å². The molecule has 2 saturated carbocycles. The van der Waals surface area contributed by atoms with E-state index in [0.717, 1.165) is 38.8 Å². The molecule has 0 radical (unpaired) electrons. The highest BCUT2D eigenvalue weighted by atomic mass is 16.6. The van der Waals surface area contributed by atoms with Crippen LogP contribution in [0.2, 0.25) is 0 Å². The molecule has 29 heavy (non-hydrogen) atoms. The van der Waals surface area contributed by atoms with Crippen LogP contribution < -0.4 is 0 Å². The van der Waals surface area contributed by atoms with E-state index in [1.807, 2.05) is 18.7 Å². The lowest BCUT2D eigenvalue weighted by Gasteiger charge is -2.48. The first-order chi connectivity index (χ1) is 13.7. The zero-order valence-electron chi connectivity index (χ0n) is 17.7. The van der Waals surface area contributed by atoms with Crippen molar-refractivity contribution in [2.75, 3.05) is 13.1 Å². The maximum Gasteiger partial charge on any atom is 0.306 e. The van der Waals surface area contributed by atoms with Gasteiger partial charge in [-0.3, -0.25) is 19.2 Å². The Bertz CT molecular complexity index is 727. The molecular weight excluding hydrogens is 370 g/mol. The van der Waals surface area contributed by atoms with Crippen molar-refractivity contribution in [3.8, 4) is 0 Å². The van der Waals surface area contributed by atoms with Gasteiger partial charge in [0.15, 0.2) is 0 Å². The highest BCUT2D eigenvalue weighted by Crippen LogP contribution is 2.58. The number of hydrogen-bond donors (Lipinski definition) is 0. The Balaban J connectivity index is 1.56. The molecule has 160 valence electrons. The number of amides is 1. The minimum absolute atomic E-state index is 0.0192. The summed E-state index contributed by atoms with van der Waals surface area (Å²) in [6, 6.07) is 0. The van der Waals surface area contributed by atoms with Gasteiger partial charge in [-0.15, -0.1) is 0 Å². The van der Waals surface area contributed by atoms with E-state index in [0.29, 0.717) is 25.7 Å². The summed E-state index contributed by atoms with van der Waals surface area (Å²) in [6.07, 6.45) is 6.34. The Hall–Kier alpha value is -1.72. The molecule has 0 spiro atoms. The Morgan fingerprint density at radius 2 is 1.79 bits per heavy atom. The molecule has 6 heteroatoms. The molecule has 5 atom stereocenters. The summed E-state index contributed by atoms with van der Waals surface area (Å²) in [5, 5.41) is 0. The SMILES string of the molecule is C[C@]1(CCC(=O)N2CCCCC2)OC(=O)CC[C@@H]2[C@@H]1C(=O)C[C@]1(C)C(=O)CC[C@@H]21. The van der Waals surface area contributed by atoms with Crippen LogP contribution >= 0.6 is 0 Å². The van der Waals surface area contributed by atoms with Crippen LogP contribution in [0.4, 0.5) is 0 Å². The predicted molar refractivity (Wildman–Crippen MR) is 106 cm³/mol. The van der Waals surface area contributed by atoms with E-state index in [2.05, 4.69) is 0 Å². The summed E-state index contributed by atoms with van der Waals surface area (Å²) in [4.78, 5) is 52.9. The average Bonchev–Trinajstić information content (AvgIpc) is 2.90. The maximum atomic E-state index is 13.3. The van der Waals surface area contributed by atoms with Gasteiger partial charge in [0.1, 0.15) is 17.2 Å². The van der Waals surface area contributed by atoms with E-state index in [1.54, 1.807) is 0 Å². The molecule has 2 aliphatic carbocycles. The normalized spacial score (nSPS) is 40.1. The number of likely N-dealkylation sites (tertiary alicyclic amines) is 1. The van der Waals surface area contributed by atoms with Crippen molar-refractivity contribution in [2.24, 2.45) is 23.2 Å². The van der Waals surface area contributed by atoms with Crippen molar-refractivity contribution < 1.29 is 23.9 Å². The third-order valence-electron chi connectivity index (χ3n) is 8.20. The highest BCUT2D eigenvalue weighted by molar-refractivity contribution is 5.95. The third kappa shape index (κ3) is 3.53. The first kappa shape index (κ1) is 20.5. The van der Waals surface area contributed by atoms with Crippen molar-refractivity contribution in [1.82, 2.24) is 4.90 Å². The first-order valence-electron chi connectivity index (χ1n) is 11.3. The molecule has 4 aliphatic rings. The smallest absolute Gasteiger partial charge is 0.306 e. The maximum absolute atomic E-state index is 13.3. The van der Waals surface area contributed by atoms with Gasteiger partial charge in [0, 0.05) is 44.2 Å². The molecule has 0 N–H and O–H groups in total. The third-order valence-corrected chi connectivity index (χ3v) is 8.20. The van der Waals surface area contributed by atoms with E-state index >= 15 is 0 Å². The van der Waals surface area contributed by atoms with Crippen LogP contribution in [0.3, 0.4) is 0 Å². The van der Waals surface area contributed by atoms with Gasteiger partial charge in [-0.2, -0.15) is 0 Å². The lowest BCUT2D eigenvalue weighted by atomic mass is 9.55. The molecule has 0 bridgehead atoms. The molecule has 0 aromatic heterocycles. The van der Waals surface area contributed by atoms with E-state index in [1.165, 1.54) is 0 Å². The summed E-state index contributed by atoms with van der Waals surface area (Å²) >= 11 is 0. The number of esters is 1. The fourth-order valence-electron chi connectivity index (χ4n) is 6.64. The van der Waals surface area contributed by atoms with Crippen LogP contribution in [-0.4, -0.2) is 47.0 Å². The zero-order valence-corrected chi connectivity index (χ0v) is 17.7. The summed E-state index contributed by atoms with van der Waals surface area (Å²) in [5.41, 5.74) is -1.55. The van der Waals surface area contributed by atoms with Crippen LogP contribution in [0.1, 0.15) is 78.1 Å². The minimum atomic E-state index is -0.965. The zero-order chi connectivity index (χ0) is 20.8. The van der Waals surface area contributed by atoms with Crippen LogP contribution in [0.5, 0.6) is 0 Å². The van der Waals surface area contributed by atoms with Crippen LogP contribution in [0.15, 0.2) is 0 Å². The number of ether oxygens (including phenoxy) is 1. The number of carbonyl (C=O) groups excluding carboxylic acids is 4. The van der Waals surface area contributed by atoms with Crippen LogP contribution in [0.25, 0.3) is 0 Å². The molecule has 4 rings (SSSR count). The van der Waals surface area contributed by atoms with Crippen LogP contribution in [0, 0.1) is 23.2 Å². The van der Waals surface area contributed by atoms with Crippen LogP contribution in [-0.2, 0) is 23.9 Å². The Kier molecular flexibility index (Phi) is 5.32.